The van der Waals surface area contributed by atoms with Gasteiger partial charge in [-0.15, -0.1) is 0 Å². The monoisotopic (exact) mass is 334 g/mol. The maximum Gasteiger partial charge on any atom is 0.237 e. The average Bonchev–Trinajstić information content (AvgIpc) is 2.59. The van der Waals surface area contributed by atoms with Crippen molar-refractivity contribution in [2.45, 2.75) is 58.3 Å². The summed E-state index contributed by atoms with van der Waals surface area (Å²) in [5, 5.41) is 13.3. The highest BCUT2D eigenvalue weighted by Gasteiger charge is 2.27. The Hall–Kier alpha value is -1.59. The normalized spacial score (nSPS) is 20.0. The van der Waals surface area contributed by atoms with Gasteiger partial charge in [-0.1, -0.05) is 25.5 Å². The van der Waals surface area contributed by atoms with Crippen LogP contribution < -0.4 is 10.1 Å². The quantitative estimate of drug-likeness (QED) is 0.804. The summed E-state index contributed by atoms with van der Waals surface area (Å²) in [4.78, 5) is 14.6. The van der Waals surface area contributed by atoms with Crippen molar-refractivity contribution < 1.29 is 14.6 Å². The van der Waals surface area contributed by atoms with Crippen molar-refractivity contribution >= 4 is 5.91 Å². The lowest BCUT2D eigenvalue weighted by Crippen LogP contribution is -2.49. The molecule has 0 aromatic heterocycles. The van der Waals surface area contributed by atoms with E-state index < -0.39 is 6.10 Å². The van der Waals surface area contributed by atoms with Crippen LogP contribution in [0, 0.1) is 0 Å². The molecule has 2 rings (SSSR count). The molecule has 1 amide bonds. The Labute approximate surface area is 145 Å². The Balaban J connectivity index is 1.90. The highest BCUT2D eigenvalue weighted by Crippen LogP contribution is 2.21. The molecule has 2 unspecified atom stereocenters. The first-order valence-electron chi connectivity index (χ1n) is 8.97. The second kappa shape index (κ2) is 9.04. The number of aliphatic hydroxyl groups excluding tert-OH is 1. The van der Waals surface area contributed by atoms with Crippen LogP contribution >= 0.6 is 0 Å². The van der Waals surface area contributed by atoms with Gasteiger partial charge in [-0.05, 0) is 57.5 Å². The van der Waals surface area contributed by atoms with Crippen LogP contribution in [0.2, 0.25) is 0 Å². The van der Waals surface area contributed by atoms with E-state index in [-0.39, 0.29) is 24.6 Å². The minimum absolute atomic E-state index is 0.0187. The highest BCUT2D eigenvalue weighted by molar-refractivity contribution is 5.81. The number of hydrogen-bond donors (Lipinski definition) is 2. The molecule has 2 atom stereocenters. The van der Waals surface area contributed by atoms with Gasteiger partial charge in [0, 0.05) is 6.54 Å². The number of nitrogens with zero attached hydrogens (tertiary/aromatic N) is 1. The average molecular weight is 334 g/mol. The molecule has 0 radical (unpaired) electrons. The predicted molar refractivity (Wildman–Crippen MR) is 95.1 cm³/mol. The molecule has 2 N–H and O–H groups in total. The molecular formula is C19H30N2O3. The Kier molecular flexibility index (Phi) is 7.06. The summed E-state index contributed by atoms with van der Waals surface area (Å²) in [6.07, 6.45) is 2.49. The van der Waals surface area contributed by atoms with Crippen LogP contribution in [0.3, 0.4) is 0 Å². The zero-order valence-electron chi connectivity index (χ0n) is 15.0. The lowest BCUT2D eigenvalue weighted by molar-refractivity contribution is -0.128. The summed E-state index contributed by atoms with van der Waals surface area (Å²) in [6, 6.07) is 7.35. The van der Waals surface area contributed by atoms with Gasteiger partial charge >= 0.3 is 0 Å². The third-order valence-electron chi connectivity index (χ3n) is 4.41. The molecule has 5 nitrogen and oxygen atoms in total. The van der Waals surface area contributed by atoms with E-state index in [1.54, 1.807) is 0 Å². The van der Waals surface area contributed by atoms with Gasteiger partial charge in [-0.25, -0.2) is 0 Å². The molecule has 1 aromatic carbocycles. The number of benzene rings is 1. The summed E-state index contributed by atoms with van der Waals surface area (Å²) in [5.41, 5.74) is 0.754. The van der Waals surface area contributed by atoms with Crippen LogP contribution in [0.25, 0.3) is 0 Å². The molecule has 1 fully saturated rings. The molecule has 0 spiro atoms. The number of carbonyl (C=O) groups is 1. The van der Waals surface area contributed by atoms with E-state index in [4.69, 9.17) is 4.74 Å². The number of amides is 1. The van der Waals surface area contributed by atoms with E-state index in [2.05, 4.69) is 17.1 Å². The van der Waals surface area contributed by atoms with E-state index in [1.807, 2.05) is 38.1 Å². The molecule has 1 aliphatic heterocycles. The van der Waals surface area contributed by atoms with Crippen molar-refractivity contribution in [2.75, 3.05) is 19.6 Å². The zero-order chi connectivity index (χ0) is 17.5. The Morgan fingerprint density at radius 3 is 2.92 bits per heavy atom. The number of likely N-dealkylation sites (N-methyl/N-ethyl adjacent to an activating group) is 1. The SMILES string of the molecule is CCN1CCCCC1C(=O)NCC(O)c1cccc(OC(C)C)c1. The van der Waals surface area contributed by atoms with E-state index in [0.717, 1.165) is 43.7 Å². The highest BCUT2D eigenvalue weighted by atomic mass is 16.5. The fraction of sp³-hybridized carbons (Fsp3) is 0.632. The standard InChI is InChI=1S/C19H30N2O3/c1-4-21-11-6-5-10-17(21)19(23)20-13-18(22)15-8-7-9-16(12-15)24-14(2)3/h7-9,12,14,17-18,22H,4-6,10-11,13H2,1-3H3,(H,20,23). The van der Waals surface area contributed by atoms with Crippen LogP contribution in [0.15, 0.2) is 24.3 Å². The number of piperidine rings is 1. The van der Waals surface area contributed by atoms with Gasteiger partial charge in [0.05, 0.1) is 18.2 Å². The van der Waals surface area contributed by atoms with Crippen LogP contribution in [-0.2, 0) is 4.79 Å². The van der Waals surface area contributed by atoms with Crippen LogP contribution in [0.4, 0.5) is 0 Å². The van der Waals surface area contributed by atoms with Crippen molar-refractivity contribution in [3.8, 4) is 5.75 Å². The van der Waals surface area contributed by atoms with Gasteiger partial charge in [0.2, 0.25) is 5.91 Å². The predicted octanol–water partition coefficient (Wildman–Crippen LogP) is 2.50. The molecule has 0 aliphatic carbocycles. The van der Waals surface area contributed by atoms with Crippen LogP contribution in [0.5, 0.6) is 5.75 Å². The topological polar surface area (TPSA) is 61.8 Å². The minimum atomic E-state index is -0.733. The fourth-order valence-electron chi connectivity index (χ4n) is 3.17. The molecule has 5 heteroatoms. The van der Waals surface area contributed by atoms with Gasteiger partial charge in [-0.2, -0.15) is 0 Å². The Morgan fingerprint density at radius 1 is 1.42 bits per heavy atom. The second-order valence-electron chi connectivity index (χ2n) is 6.64. The molecular weight excluding hydrogens is 304 g/mol. The van der Waals surface area contributed by atoms with Gasteiger partial charge in [0.1, 0.15) is 5.75 Å². The third-order valence-corrected chi connectivity index (χ3v) is 4.41. The maximum atomic E-state index is 12.4. The molecule has 134 valence electrons. The maximum absolute atomic E-state index is 12.4. The summed E-state index contributed by atoms with van der Waals surface area (Å²) in [7, 11) is 0. The first kappa shape index (κ1) is 18.7. The van der Waals surface area contributed by atoms with Gasteiger partial charge in [0.25, 0.3) is 0 Å². The van der Waals surface area contributed by atoms with Crippen molar-refractivity contribution in [3.63, 3.8) is 0 Å². The van der Waals surface area contributed by atoms with Crippen LogP contribution in [-0.4, -0.2) is 47.7 Å². The molecule has 1 aromatic rings. The number of carbonyl (C=O) groups excluding carboxylic acids is 1. The van der Waals surface area contributed by atoms with E-state index in [1.165, 1.54) is 0 Å². The molecule has 1 heterocycles. The smallest absolute Gasteiger partial charge is 0.237 e. The summed E-state index contributed by atoms with van der Waals surface area (Å²) in [5.74, 6) is 0.752. The van der Waals surface area contributed by atoms with E-state index in [0.29, 0.717) is 0 Å². The van der Waals surface area contributed by atoms with Gasteiger partial charge in [-0.3, -0.25) is 9.69 Å². The number of rotatable bonds is 7. The number of aliphatic hydroxyl groups is 1. The summed E-state index contributed by atoms with van der Waals surface area (Å²) >= 11 is 0. The third kappa shape index (κ3) is 5.21. The number of likely N-dealkylation sites (tertiary alicyclic amines) is 1. The molecule has 24 heavy (non-hydrogen) atoms. The summed E-state index contributed by atoms with van der Waals surface area (Å²) < 4.78 is 5.65. The molecule has 0 saturated carbocycles. The molecule has 0 bridgehead atoms. The Bertz CT molecular complexity index is 533. The first-order valence-corrected chi connectivity index (χ1v) is 8.97. The van der Waals surface area contributed by atoms with E-state index in [9.17, 15) is 9.90 Å². The lowest BCUT2D eigenvalue weighted by atomic mass is 10.0. The minimum Gasteiger partial charge on any atom is -0.491 e. The number of hydrogen-bond acceptors (Lipinski definition) is 4. The second-order valence-corrected chi connectivity index (χ2v) is 6.64. The number of nitrogens with one attached hydrogen (secondary N) is 1. The molecule has 1 saturated heterocycles. The zero-order valence-corrected chi connectivity index (χ0v) is 15.0. The lowest BCUT2D eigenvalue weighted by Gasteiger charge is -2.33. The van der Waals surface area contributed by atoms with Crippen LogP contribution in [0.1, 0.15) is 51.7 Å². The summed E-state index contributed by atoms with van der Waals surface area (Å²) in [6.45, 7) is 8.10. The first-order chi connectivity index (χ1) is 11.5. The van der Waals surface area contributed by atoms with Gasteiger partial charge in [0.15, 0.2) is 0 Å². The van der Waals surface area contributed by atoms with Gasteiger partial charge < -0.3 is 15.2 Å². The van der Waals surface area contributed by atoms with Crippen molar-refractivity contribution in [3.05, 3.63) is 29.8 Å². The Morgan fingerprint density at radius 2 is 2.21 bits per heavy atom. The van der Waals surface area contributed by atoms with Crippen molar-refractivity contribution in [2.24, 2.45) is 0 Å². The van der Waals surface area contributed by atoms with E-state index >= 15 is 0 Å². The fourth-order valence-corrected chi connectivity index (χ4v) is 3.17. The number of ether oxygens (including phenoxy) is 1. The largest absolute Gasteiger partial charge is 0.491 e. The van der Waals surface area contributed by atoms with Crippen molar-refractivity contribution in [1.82, 2.24) is 10.2 Å². The molecule has 1 aliphatic rings. The van der Waals surface area contributed by atoms with Crippen molar-refractivity contribution in [1.29, 1.82) is 0 Å².